The van der Waals surface area contributed by atoms with Crippen molar-refractivity contribution in [3.63, 3.8) is 0 Å². The largest absolute Gasteiger partial charge is 0.444 e. The van der Waals surface area contributed by atoms with E-state index < -0.39 is 28.9 Å². The third-order valence-corrected chi connectivity index (χ3v) is 4.48. The minimum atomic E-state index is -0.694. The van der Waals surface area contributed by atoms with Crippen LogP contribution in [0.2, 0.25) is 0 Å². The topological polar surface area (TPSA) is 118 Å². The third-order valence-electron chi connectivity index (χ3n) is 3.74. The summed E-state index contributed by atoms with van der Waals surface area (Å²) in [6.45, 7) is 14.2. The van der Waals surface area contributed by atoms with Gasteiger partial charge in [-0.15, -0.1) is 11.8 Å². The van der Waals surface area contributed by atoms with E-state index in [0.29, 0.717) is 17.2 Å². The molecule has 0 spiro atoms. The minimum Gasteiger partial charge on any atom is -0.444 e. The van der Waals surface area contributed by atoms with Gasteiger partial charge in [-0.25, -0.2) is 25.0 Å². The van der Waals surface area contributed by atoms with E-state index in [1.165, 1.54) is 16.8 Å². The van der Waals surface area contributed by atoms with Crippen LogP contribution in [0.5, 0.6) is 0 Å². The molecule has 2 heterocycles. The lowest BCUT2D eigenvalue weighted by Crippen LogP contribution is -2.53. The number of aryl methyl sites for hydroxylation is 2. The molecule has 2 N–H and O–H groups in total. The summed E-state index contributed by atoms with van der Waals surface area (Å²) in [5, 5.41) is 8.10. The zero-order chi connectivity index (χ0) is 23.6. The first-order chi connectivity index (χ1) is 14.2. The number of ether oxygens (including phenoxy) is 2. The molecule has 0 saturated heterocycles. The highest BCUT2D eigenvalue weighted by Crippen LogP contribution is 2.26. The van der Waals surface area contributed by atoms with Gasteiger partial charge < -0.3 is 14.0 Å². The molecular formula is C20H31N5O5S. The molecule has 0 aromatic carbocycles. The number of amides is 2. The monoisotopic (exact) mass is 453 g/mol. The van der Waals surface area contributed by atoms with Crippen LogP contribution in [0.25, 0.3) is 0 Å². The van der Waals surface area contributed by atoms with Crippen LogP contribution in [0, 0.1) is 13.8 Å². The summed E-state index contributed by atoms with van der Waals surface area (Å²) < 4.78 is 16.0. The van der Waals surface area contributed by atoms with Gasteiger partial charge in [-0.1, -0.05) is 5.16 Å². The van der Waals surface area contributed by atoms with Crippen LogP contribution in [0.3, 0.4) is 0 Å². The molecule has 0 saturated carbocycles. The van der Waals surface area contributed by atoms with Gasteiger partial charge in [0, 0.05) is 6.08 Å². The Kier molecular flexibility index (Phi) is 7.30. The molecule has 0 bridgehead atoms. The van der Waals surface area contributed by atoms with Crippen LogP contribution in [-0.4, -0.2) is 51.0 Å². The molecule has 11 heteroatoms. The third kappa shape index (κ3) is 6.91. The molecule has 1 aliphatic rings. The number of hydrogen-bond acceptors (Lipinski definition) is 9. The van der Waals surface area contributed by atoms with Gasteiger partial charge in [-0.3, -0.25) is 5.32 Å². The molecule has 1 aromatic heterocycles. The van der Waals surface area contributed by atoms with E-state index in [1.54, 1.807) is 54.5 Å². The Hall–Kier alpha value is -2.69. The van der Waals surface area contributed by atoms with E-state index in [2.05, 4.69) is 15.9 Å². The number of aliphatic imine (C=N–C) groups is 1. The van der Waals surface area contributed by atoms with Crippen LogP contribution < -0.4 is 10.7 Å². The van der Waals surface area contributed by atoms with E-state index in [-0.39, 0.29) is 5.82 Å². The van der Waals surface area contributed by atoms with E-state index in [4.69, 9.17) is 19.0 Å². The van der Waals surface area contributed by atoms with Gasteiger partial charge in [0.15, 0.2) is 5.50 Å². The number of nitrogens with one attached hydrogen (secondary N) is 2. The van der Waals surface area contributed by atoms with Gasteiger partial charge >= 0.3 is 12.2 Å². The first kappa shape index (κ1) is 24.6. The Balaban J connectivity index is 2.41. The van der Waals surface area contributed by atoms with E-state index in [9.17, 15) is 9.59 Å². The van der Waals surface area contributed by atoms with Crippen molar-refractivity contribution in [1.29, 1.82) is 0 Å². The lowest BCUT2D eigenvalue weighted by atomic mass is 10.1. The van der Waals surface area contributed by atoms with Gasteiger partial charge in [0.1, 0.15) is 22.8 Å². The smallest absolute Gasteiger partial charge is 0.426 e. The number of thioether (sulfide) groups is 1. The minimum absolute atomic E-state index is 0.268. The average Bonchev–Trinajstić information content (AvgIpc) is 2.91. The first-order valence-electron chi connectivity index (χ1n) is 9.74. The highest BCUT2D eigenvalue weighted by atomic mass is 32.2. The lowest BCUT2D eigenvalue weighted by molar-refractivity contribution is 0.0322. The van der Waals surface area contributed by atoms with Crippen LogP contribution in [-0.2, 0) is 9.47 Å². The molecule has 0 fully saturated rings. The highest BCUT2D eigenvalue weighted by Gasteiger charge is 2.32. The molecule has 2 rings (SSSR count). The van der Waals surface area contributed by atoms with E-state index in [0.717, 1.165) is 5.56 Å². The van der Waals surface area contributed by atoms with Crippen molar-refractivity contribution in [2.24, 2.45) is 4.99 Å². The maximum Gasteiger partial charge on any atom is 0.426 e. The molecule has 172 valence electrons. The summed E-state index contributed by atoms with van der Waals surface area (Å²) in [6.07, 6.45) is 2.11. The zero-order valence-corrected chi connectivity index (χ0v) is 20.3. The van der Waals surface area contributed by atoms with Gasteiger partial charge in [0.05, 0.1) is 17.0 Å². The number of aromatic nitrogens is 1. The number of alkyl carbamates (subject to hydrolysis) is 1. The van der Waals surface area contributed by atoms with Crippen LogP contribution >= 0.6 is 11.8 Å². The summed E-state index contributed by atoms with van der Waals surface area (Å²) in [5.74, 6) is 0.863. The van der Waals surface area contributed by atoms with Crippen molar-refractivity contribution in [1.82, 2.24) is 20.9 Å². The van der Waals surface area contributed by atoms with E-state index >= 15 is 0 Å². The normalized spacial score (nSPS) is 16.9. The molecule has 0 radical (unpaired) electrons. The fourth-order valence-electron chi connectivity index (χ4n) is 2.69. The second-order valence-corrected chi connectivity index (χ2v) is 9.81. The van der Waals surface area contributed by atoms with Crippen LogP contribution in [0.4, 0.5) is 9.59 Å². The zero-order valence-electron chi connectivity index (χ0n) is 19.4. The van der Waals surface area contributed by atoms with Crippen molar-refractivity contribution in [3.8, 4) is 0 Å². The summed E-state index contributed by atoms with van der Waals surface area (Å²) in [7, 11) is 0. The van der Waals surface area contributed by atoms with Crippen molar-refractivity contribution in [2.75, 3.05) is 6.26 Å². The second-order valence-electron chi connectivity index (χ2n) is 8.92. The van der Waals surface area contributed by atoms with Crippen LogP contribution in [0.1, 0.15) is 58.6 Å². The Bertz CT molecular complexity index is 875. The molecule has 10 nitrogen and oxygen atoms in total. The standard InChI is InChI=1S/C20H31N5O5S/c1-11-15(12(2)30-24-11)13-10-14(22-17(26)28-19(3,4)5)25(16(21-13)31-9)23-18(27)29-20(6,7)8/h10,16H,1-9H3,(H,22,26)(H,23,27). The molecule has 2 amide bonds. The average molecular weight is 454 g/mol. The first-order valence-corrected chi connectivity index (χ1v) is 11.0. The fraction of sp³-hybridized carbons (Fsp3) is 0.600. The predicted octanol–water partition coefficient (Wildman–Crippen LogP) is 3.85. The van der Waals surface area contributed by atoms with Crippen molar-refractivity contribution < 1.29 is 23.6 Å². The molecule has 31 heavy (non-hydrogen) atoms. The van der Waals surface area contributed by atoms with E-state index in [1.807, 2.05) is 13.2 Å². The Labute approximate surface area is 186 Å². The maximum absolute atomic E-state index is 12.5. The molecule has 1 atom stereocenters. The number of rotatable bonds is 4. The summed E-state index contributed by atoms with van der Waals surface area (Å²) in [5.41, 5.74) is 2.62. The molecule has 1 unspecified atom stereocenters. The Morgan fingerprint density at radius 1 is 1.10 bits per heavy atom. The maximum atomic E-state index is 12.5. The fourth-order valence-corrected chi connectivity index (χ4v) is 3.29. The molecule has 1 aromatic rings. The van der Waals surface area contributed by atoms with Gasteiger partial charge in [-0.2, -0.15) is 0 Å². The molecular weight excluding hydrogens is 422 g/mol. The number of hydrogen-bond donors (Lipinski definition) is 2. The lowest BCUT2D eigenvalue weighted by Gasteiger charge is -2.35. The molecule has 1 aliphatic heterocycles. The predicted molar refractivity (Wildman–Crippen MR) is 118 cm³/mol. The quantitative estimate of drug-likeness (QED) is 0.706. The Morgan fingerprint density at radius 3 is 2.16 bits per heavy atom. The summed E-state index contributed by atoms with van der Waals surface area (Å²) >= 11 is 1.35. The SMILES string of the molecule is CSC1N=C(c2c(C)noc2C)C=C(NC(=O)OC(C)(C)C)N1NC(=O)OC(C)(C)C. The number of carbonyl (C=O) groups is 2. The number of nitrogens with zero attached hydrogens (tertiary/aromatic N) is 3. The summed E-state index contributed by atoms with van der Waals surface area (Å²) in [6, 6.07) is 0. The number of allylic oxidation sites excluding steroid dienone is 1. The van der Waals surface area contributed by atoms with Crippen molar-refractivity contribution in [2.45, 2.75) is 72.1 Å². The van der Waals surface area contributed by atoms with Crippen LogP contribution in [0.15, 0.2) is 21.4 Å². The summed E-state index contributed by atoms with van der Waals surface area (Å²) in [4.78, 5) is 29.6. The number of carbonyl (C=O) groups excluding carboxylic acids is 2. The second kappa shape index (κ2) is 9.21. The van der Waals surface area contributed by atoms with Gasteiger partial charge in [-0.05, 0) is 61.6 Å². The van der Waals surface area contributed by atoms with Gasteiger partial charge in [0.25, 0.3) is 0 Å². The van der Waals surface area contributed by atoms with Crippen molar-refractivity contribution in [3.05, 3.63) is 28.9 Å². The van der Waals surface area contributed by atoms with Crippen molar-refractivity contribution >= 4 is 29.7 Å². The van der Waals surface area contributed by atoms with Gasteiger partial charge in [0.2, 0.25) is 0 Å². The molecule has 0 aliphatic carbocycles. The number of hydrazine groups is 1. The highest BCUT2D eigenvalue weighted by molar-refractivity contribution is 7.99. The Morgan fingerprint density at radius 2 is 1.68 bits per heavy atom.